The molecule has 6 heteroatoms. The second-order valence-electron chi connectivity index (χ2n) is 3.88. The van der Waals surface area contributed by atoms with E-state index in [2.05, 4.69) is 15.0 Å². The lowest BCUT2D eigenvalue weighted by Gasteiger charge is -2.20. The fraction of sp³-hybridized carbons (Fsp3) is 0.250. The van der Waals surface area contributed by atoms with Crippen LogP contribution >= 0.6 is 11.6 Å². The fourth-order valence-electron chi connectivity index (χ4n) is 1.52. The molecule has 0 spiro atoms. The van der Waals surface area contributed by atoms with E-state index in [1.165, 1.54) is 12.4 Å². The Kier molecular flexibility index (Phi) is 4.07. The highest BCUT2D eigenvalue weighted by molar-refractivity contribution is 6.30. The highest BCUT2D eigenvalue weighted by Crippen LogP contribution is 2.15. The van der Waals surface area contributed by atoms with Crippen molar-refractivity contribution in [3.05, 3.63) is 47.5 Å². The predicted molar refractivity (Wildman–Crippen MR) is 69.5 cm³/mol. The minimum absolute atomic E-state index is 0.382. The zero-order chi connectivity index (χ0) is 13.0. The van der Waals surface area contributed by atoms with Gasteiger partial charge in [0.05, 0.1) is 30.1 Å². The maximum Gasteiger partial charge on any atom is 0.225 e. The number of hydrogen-bond donors (Lipinski definition) is 1. The molecule has 0 bridgehead atoms. The summed E-state index contributed by atoms with van der Waals surface area (Å²) in [6.07, 6.45) is 5.72. The Balaban J connectivity index is 2.03. The van der Waals surface area contributed by atoms with Crippen LogP contribution in [0.15, 0.2) is 36.9 Å². The third-order valence-electron chi connectivity index (χ3n) is 2.46. The summed E-state index contributed by atoms with van der Waals surface area (Å²) in [6, 6.07) is 3.62. The van der Waals surface area contributed by atoms with E-state index in [0.29, 0.717) is 17.5 Å². The number of anilines is 1. The van der Waals surface area contributed by atoms with Crippen molar-refractivity contribution in [1.82, 2.24) is 15.0 Å². The summed E-state index contributed by atoms with van der Waals surface area (Å²) in [5.74, 6) is 0.516. The zero-order valence-electron chi connectivity index (χ0n) is 9.86. The number of likely N-dealkylation sites (N-methyl/N-ethyl adjacent to an activating group) is 1. The lowest BCUT2D eigenvalue weighted by Crippen LogP contribution is -2.25. The van der Waals surface area contributed by atoms with E-state index in [1.54, 1.807) is 23.4 Å². The van der Waals surface area contributed by atoms with Crippen LogP contribution in [-0.2, 0) is 0 Å². The average Bonchev–Trinajstić information content (AvgIpc) is 2.40. The minimum Gasteiger partial charge on any atom is -0.386 e. The minimum atomic E-state index is -0.636. The molecule has 18 heavy (non-hydrogen) atoms. The molecule has 2 aromatic heterocycles. The van der Waals surface area contributed by atoms with Crippen LogP contribution in [-0.4, -0.2) is 33.7 Å². The summed E-state index contributed by atoms with van der Waals surface area (Å²) in [5, 5.41) is 10.5. The van der Waals surface area contributed by atoms with Crippen molar-refractivity contribution in [2.24, 2.45) is 0 Å². The third-order valence-corrected chi connectivity index (χ3v) is 2.66. The van der Waals surface area contributed by atoms with Crippen LogP contribution in [0, 0.1) is 0 Å². The number of rotatable bonds is 4. The molecule has 0 amide bonds. The average molecular weight is 265 g/mol. The van der Waals surface area contributed by atoms with E-state index >= 15 is 0 Å². The van der Waals surface area contributed by atoms with Crippen LogP contribution in [0.4, 0.5) is 5.95 Å². The van der Waals surface area contributed by atoms with Gasteiger partial charge in [0.2, 0.25) is 5.95 Å². The van der Waals surface area contributed by atoms with E-state index in [4.69, 9.17) is 11.6 Å². The largest absolute Gasteiger partial charge is 0.386 e. The molecule has 0 aliphatic carbocycles. The Bertz CT molecular complexity index is 491. The van der Waals surface area contributed by atoms with Crippen LogP contribution in [0.5, 0.6) is 0 Å². The highest BCUT2D eigenvalue weighted by Gasteiger charge is 2.12. The SMILES string of the molecule is CN(CC(O)c1cccnc1)c1ncc(Cl)cn1. The molecule has 0 aliphatic heterocycles. The van der Waals surface area contributed by atoms with E-state index in [0.717, 1.165) is 5.56 Å². The molecular formula is C12H13ClN4O. The van der Waals surface area contributed by atoms with Gasteiger partial charge in [-0.1, -0.05) is 17.7 Å². The number of aromatic nitrogens is 3. The Labute approximate surface area is 110 Å². The molecular weight excluding hydrogens is 252 g/mol. The molecule has 0 saturated carbocycles. The first kappa shape index (κ1) is 12.7. The number of nitrogens with zero attached hydrogens (tertiary/aromatic N) is 4. The lowest BCUT2D eigenvalue weighted by molar-refractivity contribution is 0.184. The Morgan fingerprint density at radius 1 is 1.33 bits per heavy atom. The van der Waals surface area contributed by atoms with Crippen molar-refractivity contribution >= 4 is 17.5 Å². The fourth-order valence-corrected chi connectivity index (χ4v) is 1.62. The van der Waals surface area contributed by atoms with Gasteiger partial charge in [-0.2, -0.15) is 0 Å². The number of halogens is 1. The summed E-state index contributed by atoms with van der Waals surface area (Å²) in [7, 11) is 1.81. The van der Waals surface area contributed by atoms with Crippen molar-refractivity contribution in [3.63, 3.8) is 0 Å². The van der Waals surface area contributed by atoms with Crippen molar-refractivity contribution < 1.29 is 5.11 Å². The van der Waals surface area contributed by atoms with Crippen molar-refractivity contribution in [2.75, 3.05) is 18.5 Å². The van der Waals surface area contributed by atoms with Crippen LogP contribution in [0.3, 0.4) is 0 Å². The van der Waals surface area contributed by atoms with E-state index in [-0.39, 0.29) is 0 Å². The van der Waals surface area contributed by atoms with Crippen LogP contribution in [0.1, 0.15) is 11.7 Å². The summed E-state index contributed by atoms with van der Waals surface area (Å²) in [6.45, 7) is 0.382. The van der Waals surface area contributed by atoms with Gasteiger partial charge < -0.3 is 10.0 Å². The third kappa shape index (κ3) is 3.15. The Morgan fingerprint density at radius 3 is 2.67 bits per heavy atom. The van der Waals surface area contributed by atoms with E-state index < -0.39 is 6.10 Å². The molecule has 0 saturated heterocycles. The molecule has 94 valence electrons. The lowest BCUT2D eigenvalue weighted by atomic mass is 10.1. The zero-order valence-corrected chi connectivity index (χ0v) is 10.6. The summed E-state index contributed by atoms with van der Waals surface area (Å²) in [4.78, 5) is 13.9. The van der Waals surface area contributed by atoms with Crippen LogP contribution < -0.4 is 4.90 Å². The smallest absolute Gasteiger partial charge is 0.225 e. The molecule has 0 aliphatic rings. The summed E-state index contributed by atoms with van der Waals surface area (Å²) in [5.41, 5.74) is 0.762. The summed E-state index contributed by atoms with van der Waals surface area (Å²) >= 11 is 5.72. The maximum absolute atomic E-state index is 10.0. The molecule has 2 aromatic rings. The van der Waals surface area contributed by atoms with Gasteiger partial charge in [0.1, 0.15) is 0 Å². The van der Waals surface area contributed by atoms with Gasteiger partial charge in [-0.15, -0.1) is 0 Å². The van der Waals surface area contributed by atoms with E-state index in [9.17, 15) is 5.11 Å². The molecule has 2 rings (SSSR count). The van der Waals surface area contributed by atoms with Crippen molar-refractivity contribution in [1.29, 1.82) is 0 Å². The Morgan fingerprint density at radius 2 is 2.06 bits per heavy atom. The van der Waals surface area contributed by atoms with Crippen LogP contribution in [0.2, 0.25) is 5.02 Å². The quantitative estimate of drug-likeness (QED) is 0.911. The highest BCUT2D eigenvalue weighted by atomic mass is 35.5. The molecule has 2 heterocycles. The molecule has 0 radical (unpaired) electrons. The second kappa shape index (κ2) is 5.75. The molecule has 1 unspecified atom stereocenters. The molecule has 0 aromatic carbocycles. The van der Waals surface area contributed by atoms with Gasteiger partial charge in [-0.3, -0.25) is 4.98 Å². The molecule has 1 atom stereocenters. The van der Waals surface area contributed by atoms with Gasteiger partial charge in [0, 0.05) is 25.0 Å². The first-order valence-electron chi connectivity index (χ1n) is 5.43. The normalized spacial score (nSPS) is 12.2. The van der Waals surface area contributed by atoms with Crippen molar-refractivity contribution in [2.45, 2.75) is 6.10 Å². The summed E-state index contributed by atoms with van der Waals surface area (Å²) < 4.78 is 0. The number of aliphatic hydroxyl groups excluding tert-OH is 1. The molecule has 1 N–H and O–H groups in total. The van der Waals surface area contributed by atoms with Gasteiger partial charge >= 0.3 is 0 Å². The maximum atomic E-state index is 10.0. The van der Waals surface area contributed by atoms with Crippen molar-refractivity contribution in [3.8, 4) is 0 Å². The van der Waals surface area contributed by atoms with Crippen LogP contribution in [0.25, 0.3) is 0 Å². The van der Waals surface area contributed by atoms with Gasteiger partial charge in [-0.25, -0.2) is 9.97 Å². The molecule has 5 nitrogen and oxygen atoms in total. The topological polar surface area (TPSA) is 62.1 Å². The second-order valence-corrected chi connectivity index (χ2v) is 4.32. The Hall–Kier alpha value is -1.72. The molecule has 0 fully saturated rings. The van der Waals surface area contributed by atoms with Gasteiger partial charge in [-0.05, 0) is 6.07 Å². The number of pyridine rings is 1. The number of hydrogen-bond acceptors (Lipinski definition) is 5. The monoisotopic (exact) mass is 264 g/mol. The first-order valence-corrected chi connectivity index (χ1v) is 5.81. The number of aliphatic hydroxyl groups is 1. The predicted octanol–water partition coefficient (Wildman–Crippen LogP) is 1.69. The van der Waals surface area contributed by atoms with Gasteiger partial charge in [0.25, 0.3) is 0 Å². The first-order chi connectivity index (χ1) is 8.66. The standard InChI is InChI=1S/C12H13ClN4O/c1-17(12-15-6-10(13)7-16-12)8-11(18)9-3-2-4-14-5-9/h2-7,11,18H,8H2,1H3. The van der Waals surface area contributed by atoms with E-state index in [1.807, 2.05) is 13.1 Å². The van der Waals surface area contributed by atoms with Gasteiger partial charge in [0.15, 0.2) is 0 Å².